The normalized spacial score (nSPS) is 12.5. The summed E-state index contributed by atoms with van der Waals surface area (Å²) in [5, 5.41) is 8.39. The Morgan fingerprint density at radius 2 is 1.28 bits per heavy atom. The van der Waals surface area contributed by atoms with Crippen LogP contribution in [0.25, 0.3) is 0 Å². The van der Waals surface area contributed by atoms with E-state index in [1.807, 2.05) is 19.0 Å². The molecular weight excluding hydrogens is 318 g/mol. The molecule has 18 heavy (non-hydrogen) atoms. The van der Waals surface area contributed by atoms with E-state index in [0.29, 0.717) is 24.2 Å². The van der Waals surface area contributed by atoms with Crippen molar-refractivity contribution in [3.05, 3.63) is 0 Å². The number of alkyl halides is 4. The Hall–Kier alpha value is 1.04. The van der Waals surface area contributed by atoms with Crippen LogP contribution in [0.2, 0.25) is 0 Å². The Morgan fingerprint density at radius 3 is 1.61 bits per heavy atom. The van der Waals surface area contributed by atoms with E-state index in [-0.39, 0.29) is 12.0 Å². The molecule has 0 radical (unpaired) electrons. The number of hydrogen-bond donors (Lipinski definition) is 1. The molecule has 0 spiro atoms. The van der Waals surface area contributed by atoms with E-state index in [2.05, 4.69) is 4.90 Å². The zero-order valence-corrected chi connectivity index (χ0v) is 14.1. The molecule has 0 saturated heterocycles. The van der Waals surface area contributed by atoms with Gasteiger partial charge in [0.25, 0.3) is 0 Å². The first kappa shape index (κ1) is 21.3. The van der Waals surface area contributed by atoms with Crippen LogP contribution in [0.4, 0.5) is 0 Å². The van der Waals surface area contributed by atoms with Gasteiger partial charge < -0.3 is 14.9 Å². The smallest absolute Gasteiger partial charge is 0.0693 e. The fourth-order valence-corrected chi connectivity index (χ4v) is 2.13. The van der Waals surface area contributed by atoms with Gasteiger partial charge >= 0.3 is 0 Å². The molecule has 0 amide bonds. The van der Waals surface area contributed by atoms with Crippen molar-refractivity contribution in [3.63, 3.8) is 0 Å². The maximum absolute atomic E-state index is 8.56. The van der Waals surface area contributed by atoms with E-state index in [4.69, 9.17) is 51.5 Å². The Morgan fingerprint density at radius 1 is 0.889 bits per heavy atom. The van der Waals surface area contributed by atoms with Crippen molar-refractivity contribution in [3.8, 4) is 0 Å². The van der Waals surface area contributed by atoms with E-state index >= 15 is 0 Å². The lowest BCUT2D eigenvalue weighted by molar-refractivity contribution is 0.256. The van der Waals surface area contributed by atoms with E-state index < -0.39 is 0 Å². The van der Waals surface area contributed by atoms with Crippen molar-refractivity contribution in [2.45, 2.75) is 5.38 Å². The van der Waals surface area contributed by atoms with Gasteiger partial charge in [0.1, 0.15) is 0 Å². The van der Waals surface area contributed by atoms with Gasteiger partial charge in [-0.1, -0.05) is 0 Å². The first-order valence-corrected chi connectivity index (χ1v) is 7.85. The van der Waals surface area contributed by atoms with Crippen LogP contribution in [-0.4, -0.2) is 84.8 Å². The highest BCUT2D eigenvalue weighted by Gasteiger charge is 2.05. The first-order valence-electron chi connectivity index (χ1n) is 5.81. The van der Waals surface area contributed by atoms with E-state index in [0.717, 1.165) is 19.6 Å². The summed E-state index contributed by atoms with van der Waals surface area (Å²) in [7, 11) is 3.93. The summed E-state index contributed by atoms with van der Waals surface area (Å²) in [5.41, 5.74) is 0. The molecule has 0 bridgehead atoms. The zero-order valence-electron chi connectivity index (χ0n) is 11.1. The number of aliphatic hydroxyl groups excluding tert-OH is 1. The Kier molecular flexibility index (Phi) is 19.1. The molecule has 1 atom stereocenters. The molecule has 0 aliphatic heterocycles. The number of rotatable bonds is 9. The number of nitrogens with zero attached hydrogens (tertiary/aromatic N) is 2. The second-order valence-corrected chi connectivity index (χ2v) is 5.66. The molecule has 0 aliphatic rings. The highest BCUT2D eigenvalue weighted by Crippen LogP contribution is 1.96. The van der Waals surface area contributed by atoms with Gasteiger partial charge in [-0.05, 0) is 14.1 Å². The summed E-state index contributed by atoms with van der Waals surface area (Å²) in [6, 6.07) is 0. The Bertz CT molecular complexity index is 160. The number of aliphatic hydroxyl groups is 1. The average molecular weight is 342 g/mol. The number of hydrogen-bond acceptors (Lipinski definition) is 3. The van der Waals surface area contributed by atoms with Gasteiger partial charge in [-0.2, -0.15) is 0 Å². The van der Waals surface area contributed by atoms with E-state index in [1.165, 1.54) is 0 Å². The van der Waals surface area contributed by atoms with Gasteiger partial charge in [0, 0.05) is 43.8 Å². The van der Waals surface area contributed by atoms with Crippen molar-refractivity contribution < 1.29 is 5.11 Å². The summed E-state index contributed by atoms with van der Waals surface area (Å²) in [6.07, 6.45) is 0. The van der Waals surface area contributed by atoms with Gasteiger partial charge in [-0.3, -0.25) is 0 Å². The lowest BCUT2D eigenvalue weighted by Crippen LogP contribution is -2.29. The average Bonchev–Trinajstić information content (AvgIpc) is 2.30. The van der Waals surface area contributed by atoms with E-state index in [9.17, 15) is 0 Å². The quantitative estimate of drug-likeness (QED) is 0.651. The lowest BCUT2D eigenvalue weighted by Gasteiger charge is -2.16. The van der Waals surface area contributed by atoms with Gasteiger partial charge in [0.05, 0.1) is 12.0 Å². The van der Waals surface area contributed by atoms with Crippen LogP contribution in [0, 0.1) is 0 Å². The minimum absolute atomic E-state index is 0.0220. The molecule has 0 heterocycles. The molecule has 0 fully saturated rings. The predicted octanol–water partition coefficient (Wildman–Crippen LogP) is 2.15. The van der Waals surface area contributed by atoms with Gasteiger partial charge in [-0.15, -0.1) is 46.4 Å². The fourth-order valence-electron chi connectivity index (χ4n) is 1.03. The molecule has 1 unspecified atom stereocenters. The number of halogens is 4. The molecule has 0 aliphatic carbocycles. The summed E-state index contributed by atoms with van der Waals surface area (Å²) >= 11 is 22.0. The fraction of sp³-hybridized carbons (Fsp3) is 1.00. The standard InChI is InChI=1S/C6H13Cl2NO.C5H11Cl2N/c1-9(3-2-7)4-6(8)5-10;1-8(4-2-6)5-3-7/h6,10H,2-5H2,1H3;2-5H2,1H3. The highest BCUT2D eigenvalue weighted by molar-refractivity contribution is 6.21. The third kappa shape index (κ3) is 17.0. The molecular formula is C11H24Cl4N2O. The van der Waals surface area contributed by atoms with Crippen molar-refractivity contribution in [1.29, 1.82) is 0 Å². The minimum Gasteiger partial charge on any atom is -0.395 e. The predicted molar refractivity (Wildman–Crippen MR) is 83.9 cm³/mol. The van der Waals surface area contributed by atoms with Crippen LogP contribution in [0.1, 0.15) is 0 Å². The monoisotopic (exact) mass is 340 g/mol. The molecule has 1 N–H and O–H groups in total. The summed E-state index contributed by atoms with van der Waals surface area (Å²) in [4.78, 5) is 4.08. The first-order chi connectivity index (χ1) is 8.51. The van der Waals surface area contributed by atoms with Gasteiger partial charge in [0.15, 0.2) is 0 Å². The molecule has 0 aromatic heterocycles. The third-order valence-corrected chi connectivity index (χ3v) is 2.89. The van der Waals surface area contributed by atoms with Crippen LogP contribution >= 0.6 is 46.4 Å². The van der Waals surface area contributed by atoms with Crippen molar-refractivity contribution >= 4 is 46.4 Å². The third-order valence-electron chi connectivity index (χ3n) is 2.11. The van der Waals surface area contributed by atoms with Crippen LogP contribution in [0.5, 0.6) is 0 Å². The summed E-state index contributed by atoms with van der Waals surface area (Å²) in [5.74, 6) is 1.98. The SMILES string of the molecule is CN(CCCl)CC(Cl)CO.CN(CCCl)CCCl. The largest absolute Gasteiger partial charge is 0.395 e. The van der Waals surface area contributed by atoms with Crippen molar-refractivity contribution in [2.75, 3.05) is 64.5 Å². The summed E-state index contributed by atoms with van der Waals surface area (Å²) in [6.45, 7) is 3.37. The minimum atomic E-state index is -0.173. The van der Waals surface area contributed by atoms with Gasteiger partial charge in [-0.25, -0.2) is 0 Å². The Labute approximate surface area is 131 Å². The molecule has 0 aromatic carbocycles. The molecule has 0 rings (SSSR count). The van der Waals surface area contributed by atoms with E-state index in [1.54, 1.807) is 0 Å². The maximum Gasteiger partial charge on any atom is 0.0693 e. The Balaban J connectivity index is 0. The second kappa shape index (κ2) is 16.1. The zero-order chi connectivity index (χ0) is 14.4. The van der Waals surface area contributed by atoms with Crippen LogP contribution in [0.15, 0.2) is 0 Å². The molecule has 112 valence electrons. The van der Waals surface area contributed by atoms with Crippen LogP contribution < -0.4 is 0 Å². The summed E-state index contributed by atoms with van der Waals surface area (Å²) < 4.78 is 0. The molecule has 7 heteroatoms. The molecule has 0 aromatic rings. The van der Waals surface area contributed by atoms with Crippen LogP contribution in [-0.2, 0) is 0 Å². The molecule has 0 saturated carbocycles. The van der Waals surface area contributed by atoms with Crippen LogP contribution in [0.3, 0.4) is 0 Å². The van der Waals surface area contributed by atoms with Gasteiger partial charge in [0.2, 0.25) is 0 Å². The second-order valence-electron chi connectivity index (χ2n) is 3.91. The highest BCUT2D eigenvalue weighted by atomic mass is 35.5. The maximum atomic E-state index is 8.56. The van der Waals surface area contributed by atoms with Crippen molar-refractivity contribution in [2.24, 2.45) is 0 Å². The lowest BCUT2D eigenvalue weighted by atomic mass is 10.4. The van der Waals surface area contributed by atoms with Crippen molar-refractivity contribution in [1.82, 2.24) is 9.80 Å². The molecule has 3 nitrogen and oxygen atoms in total. The topological polar surface area (TPSA) is 26.7 Å².